The van der Waals surface area contributed by atoms with Gasteiger partial charge in [0.25, 0.3) is 5.12 Å². The molecule has 0 aromatic heterocycles. The third-order valence-corrected chi connectivity index (χ3v) is 2.61. The Bertz CT molecular complexity index is 295. The highest BCUT2D eigenvalue weighted by Crippen LogP contribution is 2.30. The molecule has 1 rings (SSSR count). The molecule has 3 nitrogen and oxygen atoms in total. The number of hydrogen-bond donors (Lipinski definition) is 0. The third-order valence-electron chi connectivity index (χ3n) is 1.73. The molecule has 0 aromatic carbocycles. The summed E-state index contributed by atoms with van der Waals surface area (Å²) in [6.45, 7) is 3.57. The molecule has 0 N–H and O–H groups in total. The van der Waals surface area contributed by atoms with E-state index in [1.807, 2.05) is 0 Å². The Kier molecular flexibility index (Phi) is 4.32. The van der Waals surface area contributed by atoms with Crippen molar-refractivity contribution in [3.05, 3.63) is 12.1 Å². The van der Waals surface area contributed by atoms with E-state index in [1.54, 1.807) is 13.8 Å². The SMILES string of the molecule is CC(C)SC(=O)/C(F)=C/OC(=O)C1CC1. The zero-order valence-corrected chi connectivity index (χ0v) is 9.47. The first-order chi connectivity index (χ1) is 7.00. The van der Waals surface area contributed by atoms with Crippen LogP contribution in [0.1, 0.15) is 26.7 Å². The number of carbonyl (C=O) groups excluding carboxylic acids is 2. The van der Waals surface area contributed by atoms with E-state index in [-0.39, 0.29) is 11.2 Å². The highest BCUT2D eigenvalue weighted by atomic mass is 32.2. The van der Waals surface area contributed by atoms with E-state index in [2.05, 4.69) is 4.74 Å². The lowest BCUT2D eigenvalue weighted by Gasteiger charge is -2.01. The standard InChI is InChI=1S/C10H13FO3S/c1-6(2)15-10(13)8(11)5-14-9(12)7-3-4-7/h5-7H,3-4H2,1-2H3/b8-5-. The molecule has 1 aliphatic rings. The Balaban J connectivity index is 2.36. The summed E-state index contributed by atoms with van der Waals surface area (Å²) in [5.74, 6) is -1.56. The number of esters is 1. The van der Waals surface area contributed by atoms with Gasteiger partial charge in [0, 0.05) is 5.25 Å². The van der Waals surface area contributed by atoms with E-state index in [0.29, 0.717) is 6.26 Å². The van der Waals surface area contributed by atoms with Crippen molar-refractivity contribution >= 4 is 22.8 Å². The summed E-state index contributed by atoms with van der Waals surface area (Å²) in [5, 5.41) is -0.690. The second kappa shape index (κ2) is 5.30. The quantitative estimate of drug-likeness (QED) is 0.424. The molecule has 0 bridgehead atoms. The van der Waals surface area contributed by atoms with Crippen molar-refractivity contribution in [2.45, 2.75) is 31.9 Å². The lowest BCUT2D eigenvalue weighted by atomic mass is 10.4. The van der Waals surface area contributed by atoms with Gasteiger partial charge in [-0.25, -0.2) is 0 Å². The maximum Gasteiger partial charge on any atom is 0.313 e. The first-order valence-electron chi connectivity index (χ1n) is 4.78. The van der Waals surface area contributed by atoms with Crippen molar-refractivity contribution in [3.63, 3.8) is 0 Å². The first kappa shape index (κ1) is 12.2. The Hall–Kier alpha value is -0.840. The number of thioether (sulfide) groups is 1. The van der Waals surface area contributed by atoms with Crippen molar-refractivity contribution in [2.24, 2.45) is 5.92 Å². The second-order valence-electron chi connectivity index (χ2n) is 3.63. The van der Waals surface area contributed by atoms with Crippen LogP contribution >= 0.6 is 11.8 Å². The molecule has 0 amide bonds. The van der Waals surface area contributed by atoms with Gasteiger partial charge >= 0.3 is 5.97 Å². The fraction of sp³-hybridized carbons (Fsp3) is 0.600. The van der Waals surface area contributed by atoms with Gasteiger partial charge in [-0.15, -0.1) is 0 Å². The van der Waals surface area contributed by atoms with Crippen LogP contribution in [0, 0.1) is 5.92 Å². The molecule has 84 valence electrons. The topological polar surface area (TPSA) is 43.4 Å². The summed E-state index contributed by atoms with van der Waals surface area (Å²) in [6.07, 6.45) is 2.20. The summed E-state index contributed by atoms with van der Waals surface area (Å²) >= 11 is 0.865. The van der Waals surface area contributed by atoms with Crippen LogP contribution in [0.4, 0.5) is 4.39 Å². The summed E-state index contributed by atoms with van der Waals surface area (Å²) < 4.78 is 17.5. The Morgan fingerprint density at radius 1 is 1.47 bits per heavy atom. The molecule has 0 aromatic rings. The fourth-order valence-electron chi connectivity index (χ4n) is 0.844. The molecular formula is C10H13FO3S. The van der Waals surface area contributed by atoms with Gasteiger partial charge in [0.2, 0.25) is 5.83 Å². The van der Waals surface area contributed by atoms with Gasteiger partial charge in [-0.05, 0) is 12.8 Å². The summed E-state index contributed by atoms with van der Waals surface area (Å²) in [6, 6.07) is 0. The third kappa shape index (κ3) is 4.46. The van der Waals surface area contributed by atoms with E-state index in [0.717, 1.165) is 24.6 Å². The zero-order valence-electron chi connectivity index (χ0n) is 8.66. The van der Waals surface area contributed by atoms with Gasteiger partial charge in [-0.1, -0.05) is 25.6 Å². The first-order valence-corrected chi connectivity index (χ1v) is 5.66. The Morgan fingerprint density at radius 2 is 2.07 bits per heavy atom. The minimum Gasteiger partial charge on any atom is -0.431 e. The molecule has 0 atom stereocenters. The number of halogens is 1. The van der Waals surface area contributed by atoms with Crippen molar-refractivity contribution < 1.29 is 18.7 Å². The van der Waals surface area contributed by atoms with E-state index in [1.165, 1.54) is 0 Å². The average Bonchev–Trinajstić information content (AvgIpc) is 2.95. The van der Waals surface area contributed by atoms with Crippen LogP contribution < -0.4 is 0 Å². The minimum absolute atomic E-state index is 0.00998. The summed E-state index contributed by atoms with van der Waals surface area (Å²) in [7, 11) is 0. The highest BCUT2D eigenvalue weighted by molar-refractivity contribution is 8.14. The second-order valence-corrected chi connectivity index (χ2v) is 5.18. The fourth-order valence-corrected chi connectivity index (χ4v) is 1.43. The molecular weight excluding hydrogens is 219 g/mol. The normalized spacial score (nSPS) is 16.7. The van der Waals surface area contributed by atoms with Crippen LogP contribution in [0.2, 0.25) is 0 Å². The molecule has 0 unspecified atom stereocenters. The van der Waals surface area contributed by atoms with E-state index in [4.69, 9.17) is 0 Å². The molecule has 1 saturated carbocycles. The smallest absolute Gasteiger partial charge is 0.313 e. The van der Waals surface area contributed by atoms with E-state index < -0.39 is 16.9 Å². The van der Waals surface area contributed by atoms with E-state index >= 15 is 0 Å². The molecule has 1 aliphatic carbocycles. The zero-order chi connectivity index (χ0) is 11.4. The largest absolute Gasteiger partial charge is 0.431 e. The van der Waals surface area contributed by atoms with Crippen LogP contribution in [0.25, 0.3) is 0 Å². The maximum atomic E-state index is 13.0. The van der Waals surface area contributed by atoms with Crippen LogP contribution in [-0.4, -0.2) is 16.3 Å². The maximum absolute atomic E-state index is 13.0. The number of hydrogen-bond acceptors (Lipinski definition) is 4. The van der Waals surface area contributed by atoms with Crippen molar-refractivity contribution in [3.8, 4) is 0 Å². The predicted molar refractivity (Wildman–Crippen MR) is 55.7 cm³/mol. The molecule has 0 spiro atoms. The van der Waals surface area contributed by atoms with Gasteiger partial charge in [-0.2, -0.15) is 4.39 Å². The van der Waals surface area contributed by atoms with Crippen molar-refractivity contribution in [1.29, 1.82) is 0 Å². The van der Waals surface area contributed by atoms with Gasteiger partial charge in [0.15, 0.2) is 0 Å². The summed E-state index contributed by atoms with van der Waals surface area (Å²) in [5.41, 5.74) is 0. The van der Waals surface area contributed by atoms with Crippen LogP contribution in [0.3, 0.4) is 0 Å². The number of rotatable bonds is 4. The van der Waals surface area contributed by atoms with E-state index in [9.17, 15) is 14.0 Å². The monoisotopic (exact) mass is 232 g/mol. The van der Waals surface area contributed by atoms with Gasteiger partial charge in [-0.3, -0.25) is 9.59 Å². The average molecular weight is 232 g/mol. The molecule has 0 heterocycles. The molecule has 0 aliphatic heterocycles. The van der Waals surface area contributed by atoms with Gasteiger partial charge < -0.3 is 4.74 Å². The lowest BCUT2D eigenvalue weighted by molar-refractivity contribution is -0.139. The molecule has 0 saturated heterocycles. The lowest BCUT2D eigenvalue weighted by Crippen LogP contribution is -2.04. The minimum atomic E-state index is -1.01. The molecule has 0 radical (unpaired) electrons. The van der Waals surface area contributed by atoms with Crippen LogP contribution in [-0.2, 0) is 14.3 Å². The van der Waals surface area contributed by atoms with Gasteiger partial charge in [0.1, 0.15) is 6.26 Å². The summed E-state index contributed by atoms with van der Waals surface area (Å²) in [4.78, 5) is 22.1. The molecule has 15 heavy (non-hydrogen) atoms. The van der Waals surface area contributed by atoms with Gasteiger partial charge in [0.05, 0.1) is 5.92 Å². The van der Waals surface area contributed by atoms with Crippen molar-refractivity contribution in [2.75, 3.05) is 0 Å². The van der Waals surface area contributed by atoms with Crippen molar-refractivity contribution in [1.82, 2.24) is 0 Å². The molecule has 5 heteroatoms. The Morgan fingerprint density at radius 3 is 2.53 bits per heavy atom. The number of ether oxygens (including phenoxy) is 1. The number of carbonyl (C=O) groups is 2. The Labute approximate surface area is 92.1 Å². The predicted octanol–water partition coefficient (Wildman–Crippen LogP) is 2.42. The highest BCUT2D eigenvalue weighted by Gasteiger charge is 2.31. The molecule has 1 fully saturated rings. The van der Waals surface area contributed by atoms with Crippen LogP contribution in [0.15, 0.2) is 12.1 Å². The van der Waals surface area contributed by atoms with Crippen LogP contribution in [0.5, 0.6) is 0 Å².